The molecular formula is C14H14O3. The third kappa shape index (κ3) is 2.24. The molecule has 0 heterocycles. The van der Waals surface area contributed by atoms with Crippen molar-refractivity contribution in [3.63, 3.8) is 0 Å². The van der Waals surface area contributed by atoms with E-state index in [0.29, 0.717) is 5.56 Å². The van der Waals surface area contributed by atoms with Gasteiger partial charge in [-0.25, -0.2) is 0 Å². The van der Waals surface area contributed by atoms with Gasteiger partial charge in [-0.1, -0.05) is 48.6 Å². The number of hydrogen-bond donors (Lipinski definition) is 3. The zero-order chi connectivity index (χ0) is 12.3. The first-order valence-electron chi connectivity index (χ1n) is 5.38. The predicted octanol–water partition coefficient (Wildman–Crippen LogP) is 2.72. The van der Waals surface area contributed by atoms with Gasteiger partial charge < -0.3 is 15.3 Å². The Morgan fingerprint density at radius 2 is 1.76 bits per heavy atom. The van der Waals surface area contributed by atoms with Crippen molar-refractivity contribution >= 4 is 5.76 Å². The standard InChI is InChI=1S/C14H14O3/c15-12(11-7-3-1-4-8-11)13(16)14(17)9-5-2-6-10-14/h1-9,15-17H,10H2. The van der Waals surface area contributed by atoms with E-state index in [1.54, 1.807) is 42.5 Å². The zero-order valence-electron chi connectivity index (χ0n) is 9.24. The maximum absolute atomic E-state index is 10.2. The third-order valence-electron chi connectivity index (χ3n) is 2.73. The zero-order valence-corrected chi connectivity index (χ0v) is 9.24. The minimum Gasteiger partial charge on any atom is -0.506 e. The molecule has 1 aliphatic carbocycles. The smallest absolute Gasteiger partial charge is 0.171 e. The lowest BCUT2D eigenvalue weighted by atomic mass is 9.91. The van der Waals surface area contributed by atoms with Crippen LogP contribution in [0.25, 0.3) is 5.76 Å². The highest BCUT2D eigenvalue weighted by Gasteiger charge is 2.31. The Morgan fingerprint density at radius 1 is 1.06 bits per heavy atom. The van der Waals surface area contributed by atoms with Crippen LogP contribution in [0.5, 0.6) is 0 Å². The van der Waals surface area contributed by atoms with Gasteiger partial charge in [-0.05, 0) is 6.08 Å². The van der Waals surface area contributed by atoms with Crippen molar-refractivity contribution in [2.45, 2.75) is 12.0 Å². The van der Waals surface area contributed by atoms with Crippen LogP contribution in [-0.2, 0) is 0 Å². The van der Waals surface area contributed by atoms with E-state index in [1.165, 1.54) is 6.08 Å². The van der Waals surface area contributed by atoms with Crippen molar-refractivity contribution in [2.24, 2.45) is 0 Å². The molecule has 1 unspecified atom stereocenters. The molecular weight excluding hydrogens is 216 g/mol. The molecule has 3 heteroatoms. The van der Waals surface area contributed by atoms with Crippen molar-refractivity contribution in [3.05, 3.63) is 66.0 Å². The molecule has 1 atom stereocenters. The summed E-state index contributed by atoms with van der Waals surface area (Å²) < 4.78 is 0. The highest BCUT2D eigenvalue weighted by atomic mass is 16.3. The van der Waals surface area contributed by atoms with Gasteiger partial charge in [0.1, 0.15) is 5.60 Å². The molecule has 0 saturated carbocycles. The molecule has 88 valence electrons. The van der Waals surface area contributed by atoms with Crippen LogP contribution in [0.2, 0.25) is 0 Å². The molecule has 0 amide bonds. The highest BCUT2D eigenvalue weighted by Crippen LogP contribution is 2.29. The second kappa shape index (κ2) is 4.47. The van der Waals surface area contributed by atoms with E-state index >= 15 is 0 Å². The molecule has 0 spiro atoms. The Bertz CT molecular complexity index is 485. The van der Waals surface area contributed by atoms with E-state index in [0.717, 1.165) is 0 Å². The Morgan fingerprint density at radius 3 is 2.35 bits per heavy atom. The molecule has 0 saturated heterocycles. The summed E-state index contributed by atoms with van der Waals surface area (Å²) in [6.07, 6.45) is 6.85. The summed E-state index contributed by atoms with van der Waals surface area (Å²) in [6.45, 7) is 0. The summed E-state index contributed by atoms with van der Waals surface area (Å²) in [5.41, 5.74) is -1.05. The largest absolute Gasteiger partial charge is 0.506 e. The predicted molar refractivity (Wildman–Crippen MR) is 66.5 cm³/mol. The van der Waals surface area contributed by atoms with E-state index in [1.807, 2.05) is 6.07 Å². The van der Waals surface area contributed by atoms with Crippen molar-refractivity contribution in [2.75, 3.05) is 0 Å². The average Bonchev–Trinajstić information content (AvgIpc) is 2.39. The molecule has 0 aliphatic heterocycles. The minimum atomic E-state index is -1.52. The van der Waals surface area contributed by atoms with Crippen molar-refractivity contribution < 1.29 is 15.3 Å². The molecule has 0 fully saturated rings. The lowest BCUT2D eigenvalue weighted by Crippen LogP contribution is -2.30. The molecule has 17 heavy (non-hydrogen) atoms. The first-order chi connectivity index (χ1) is 8.13. The highest BCUT2D eigenvalue weighted by molar-refractivity contribution is 5.62. The van der Waals surface area contributed by atoms with Gasteiger partial charge in [0, 0.05) is 12.0 Å². The quantitative estimate of drug-likeness (QED) is 0.684. The van der Waals surface area contributed by atoms with Gasteiger partial charge in [0.05, 0.1) is 0 Å². The monoisotopic (exact) mass is 230 g/mol. The van der Waals surface area contributed by atoms with Crippen LogP contribution >= 0.6 is 0 Å². The summed E-state index contributed by atoms with van der Waals surface area (Å²) in [4.78, 5) is 0. The molecule has 0 radical (unpaired) electrons. The molecule has 1 aromatic carbocycles. The van der Waals surface area contributed by atoms with Gasteiger partial charge in [-0.15, -0.1) is 0 Å². The molecule has 2 rings (SSSR count). The number of hydrogen-bond acceptors (Lipinski definition) is 3. The average molecular weight is 230 g/mol. The van der Waals surface area contributed by atoms with Gasteiger partial charge in [0.2, 0.25) is 0 Å². The van der Waals surface area contributed by atoms with Crippen LogP contribution in [0.15, 0.2) is 60.4 Å². The van der Waals surface area contributed by atoms with Crippen LogP contribution in [0.1, 0.15) is 12.0 Å². The lowest BCUT2D eigenvalue weighted by Gasteiger charge is -2.25. The van der Waals surface area contributed by atoms with Crippen molar-refractivity contribution in [1.82, 2.24) is 0 Å². The summed E-state index contributed by atoms with van der Waals surface area (Å²) >= 11 is 0. The van der Waals surface area contributed by atoms with E-state index in [4.69, 9.17) is 0 Å². The van der Waals surface area contributed by atoms with E-state index in [2.05, 4.69) is 0 Å². The Balaban J connectivity index is 2.38. The number of rotatable bonds is 2. The SMILES string of the molecule is OC(=C(O)C1(O)C=CC=CC1)c1ccccc1. The van der Waals surface area contributed by atoms with Crippen LogP contribution in [0.3, 0.4) is 0 Å². The number of aliphatic hydroxyl groups is 3. The third-order valence-corrected chi connectivity index (χ3v) is 2.73. The second-order valence-electron chi connectivity index (χ2n) is 3.98. The van der Waals surface area contributed by atoms with Crippen molar-refractivity contribution in [3.8, 4) is 0 Å². The summed E-state index contributed by atoms with van der Waals surface area (Å²) in [5.74, 6) is -0.725. The fraction of sp³-hybridized carbons (Fsp3) is 0.143. The van der Waals surface area contributed by atoms with Crippen LogP contribution in [0, 0.1) is 0 Å². The Labute approximate surface area is 99.7 Å². The van der Waals surface area contributed by atoms with Gasteiger partial charge in [0.15, 0.2) is 11.5 Å². The molecule has 3 nitrogen and oxygen atoms in total. The first-order valence-corrected chi connectivity index (χ1v) is 5.38. The van der Waals surface area contributed by atoms with Crippen LogP contribution in [-0.4, -0.2) is 20.9 Å². The van der Waals surface area contributed by atoms with E-state index in [-0.39, 0.29) is 12.2 Å². The molecule has 0 bridgehead atoms. The maximum Gasteiger partial charge on any atom is 0.171 e. The molecule has 1 aromatic rings. The molecule has 3 N–H and O–H groups in total. The second-order valence-corrected chi connectivity index (χ2v) is 3.98. The summed E-state index contributed by atoms with van der Waals surface area (Å²) in [7, 11) is 0. The summed E-state index contributed by atoms with van der Waals surface area (Å²) in [5, 5.41) is 30.0. The van der Waals surface area contributed by atoms with E-state index < -0.39 is 11.4 Å². The van der Waals surface area contributed by atoms with Crippen molar-refractivity contribution in [1.29, 1.82) is 0 Å². The van der Waals surface area contributed by atoms with E-state index in [9.17, 15) is 15.3 Å². The van der Waals surface area contributed by atoms with Crippen LogP contribution in [0.4, 0.5) is 0 Å². The molecule has 0 aromatic heterocycles. The normalized spacial score (nSPS) is 24.5. The molecule has 1 aliphatic rings. The van der Waals surface area contributed by atoms with Gasteiger partial charge in [-0.3, -0.25) is 0 Å². The fourth-order valence-electron chi connectivity index (χ4n) is 1.72. The van der Waals surface area contributed by atoms with Gasteiger partial charge in [-0.2, -0.15) is 0 Å². The Kier molecular flexibility index (Phi) is 3.02. The fourth-order valence-corrected chi connectivity index (χ4v) is 1.72. The summed E-state index contributed by atoms with van der Waals surface area (Å²) in [6, 6.07) is 8.64. The minimum absolute atomic E-state index is 0.242. The first kappa shape index (κ1) is 11.5. The lowest BCUT2D eigenvalue weighted by molar-refractivity contribution is 0.0799. The Hall–Kier alpha value is -2.00. The number of allylic oxidation sites excluding steroid dienone is 2. The number of benzene rings is 1. The maximum atomic E-state index is 10.2. The van der Waals surface area contributed by atoms with Crippen LogP contribution < -0.4 is 0 Å². The number of aliphatic hydroxyl groups excluding tert-OH is 2. The topological polar surface area (TPSA) is 60.7 Å². The van der Waals surface area contributed by atoms with Gasteiger partial charge >= 0.3 is 0 Å². The van der Waals surface area contributed by atoms with Gasteiger partial charge in [0.25, 0.3) is 0 Å².